The molecule has 1 fully saturated rings. The molecule has 2 aliphatic heterocycles. The van der Waals surface area contributed by atoms with Crippen LogP contribution in [0.4, 0.5) is 5.69 Å². The molecule has 6 heteroatoms. The Hall–Kier alpha value is -2.86. The fourth-order valence-electron chi connectivity index (χ4n) is 4.01. The minimum absolute atomic E-state index is 0.00417. The molecule has 2 aliphatic rings. The molecule has 0 unspecified atom stereocenters. The van der Waals surface area contributed by atoms with Crippen LogP contribution in [0.1, 0.15) is 12.0 Å². The van der Waals surface area contributed by atoms with Crippen LogP contribution in [-0.4, -0.2) is 67.5 Å². The first-order valence-electron chi connectivity index (χ1n) is 10.3. The van der Waals surface area contributed by atoms with E-state index in [-0.39, 0.29) is 18.4 Å². The van der Waals surface area contributed by atoms with E-state index in [4.69, 9.17) is 4.74 Å². The maximum atomic E-state index is 12.8. The standard InChI is InChI=1S/C23H27N3O3/c27-22(26-14-11-19-7-4-5-10-21(19)26)17-24-12-6-13-25(16-15-24)23(28)18-29-20-8-2-1-3-9-20/h1-5,7-10H,6,11-18H2. The molecule has 2 heterocycles. The van der Waals surface area contributed by atoms with Gasteiger partial charge in [-0.3, -0.25) is 14.5 Å². The zero-order valence-electron chi connectivity index (χ0n) is 16.6. The lowest BCUT2D eigenvalue weighted by atomic mass is 10.2. The van der Waals surface area contributed by atoms with Crippen LogP contribution in [0.2, 0.25) is 0 Å². The maximum Gasteiger partial charge on any atom is 0.260 e. The quantitative estimate of drug-likeness (QED) is 0.782. The van der Waals surface area contributed by atoms with E-state index in [1.165, 1.54) is 5.56 Å². The van der Waals surface area contributed by atoms with Gasteiger partial charge in [-0.05, 0) is 36.6 Å². The molecular weight excluding hydrogens is 366 g/mol. The summed E-state index contributed by atoms with van der Waals surface area (Å²) in [7, 11) is 0. The van der Waals surface area contributed by atoms with Crippen LogP contribution in [-0.2, 0) is 16.0 Å². The van der Waals surface area contributed by atoms with E-state index < -0.39 is 0 Å². The first-order valence-corrected chi connectivity index (χ1v) is 10.3. The fraction of sp³-hybridized carbons (Fsp3) is 0.391. The molecule has 0 radical (unpaired) electrons. The number of nitrogens with zero attached hydrogens (tertiary/aromatic N) is 3. The van der Waals surface area contributed by atoms with Gasteiger partial charge in [-0.15, -0.1) is 0 Å². The normalized spacial score (nSPS) is 17.0. The highest BCUT2D eigenvalue weighted by Crippen LogP contribution is 2.27. The average Bonchev–Trinajstić information content (AvgIpc) is 3.05. The van der Waals surface area contributed by atoms with Gasteiger partial charge >= 0.3 is 0 Å². The molecule has 1 saturated heterocycles. The number of fused-ring (bicyclic) bond motifs is 1. The van der Waals surface area contributed by atoms with Crippen LogP contribution < -0.4 is 9.64 Å². The summed E-state index contributed by atoms with van der Waals surface area (Å²) in [5.74, 6) is 0.839. The van der Waals surface area contributed by atoms with E-state index in [9.17, 15) is 9.59 Å². The van der Waals surface area contributed by atoms with Crippen molar-refractivity contribution in [3.8, 4) is 5.75 Å². The van der Waals surface area contributed by atoms with Crippen molar-refractivity contribution < 1.29 is 14.3 Å². The molecule has 0 aliphatic carbocycles. The first kappa shape index (κ1) is 19.5. The molecule has 2 aromatic rings. The molecule has 0 spiro atoms. The molecule has 0 bridgehead atoms. The second kappa shape index (κ2) is 9.09. The lowest BCUT2D eigenvalue weighted by Crippen LogP contribution is -2.42. The molecular formula is C23H27N3O3. The molecule has 6 nitrogen and oxygen atoms in total. The SMILES string of the molecule is O=C(COc1ccccc1)N1CCCN(CC(=O)N2CCc3ccccc32)CC1. The summed E-state index contributed by atoms with van der Waals surface area (Å²) < 4.78 is 5.59. The molecule has 0 saturated carbocycles. The number of para-hydroxylation sites is 2. The lowest BCUT2D eigenvalue weighted by Gasteiger charge is -2.24. The van der Waals surface area contributed by atoms with Gasteiger partial charge < -0.3 is 14.5 Å². The predicted molar refractivity (Wildman–Crippen MR) is 112 cm³/mol. The van der Waals surface area contributed by atoms with E-state index >= 15 is 0 Å². The van der Waals surface area contributed by atoms with Crippen LogP contribution in [0.25, 0.3) is 0 Å². The molecule has 2 aromatic carbocycles. The van der Waals surface area contributed by atoms with E-state index in [0.29, 0.717) is 31.9 Å². The van der Waals surface area contributed by atoms with Gasteiger partial charge in [-0.25, -0.2) is 0 Å². The van der Waals surface area contributed by atoms with Crippen molar-refractivity contribution in [2.45, 2.75) is 12.8 Å². The topological polar surface area (TPSA) is 53.1 Å². The molecule has 152 valence electrons. The number of hydrogen-bond acceptors (Lipinski definition) is 4. The Bertz CT molecular complexity index is 855. The van der Waals surface area contributed by atoms with Crippen LogP contribution in [0, 0.1) is 0 Å². The molecule has 4 rings (SSSR count). The smallest absolute Gasteiger partial charge is 0.260 e. The number of hydrogen-bond donors (Lipinski definition) is 0. The monoisotopic (exact) mass is 393 g/mol. The lowest BCUT2D eigenvalue weighted by molar-refractivity contribution is -0.133. The fourth-order valence-corrected chi connectivity index (χ4v) is 4.01. The van der Waals surface area contributed by atoms with E-state index in [0.717, 1.165) is 31.6 Å². The Morgan fingerprint density at radius 2 is 1.62 bits per heavy atom. The van der Waals surface area contributed by atoms with Crippen molar-refractivity contribution in [3.63, 3.8) is 0 Å². The Morgan fingerprint density at radius 3 is 2.48 bits per heavy atom. The average molecular weight is 393 g/mol. The summed E-state index contributed by atoms with van der Waals surface area (Å²) in [5, 5.41) is 0. The number of amides is 2. The Labute approximate surface area is 171 Å². The summed E-state index contributed by atoms with van der Waals surface area (Å²) in [4.78, 5) is 31.3. The second-order valence-electron chi connectivity index (χ2n) is 7.54. The van der Waals surface area contributed by atoms with Gasteiger partial charge in [0.15, 0.2) is 6.61 Å². The highest BCUT2D eigenvalue weighted by Gasteiger charge is 2.27. The highest BCUT2D eigenvalue weighted by atomic mass is 16.5. The Balaban J connectivity index is 1.27. The molecule has 0 N–H and O–H groups in total. The highest BCUT2D eigenvalue weighted by molar-refractivity contribution is 5.96. The van der Waals surface area contributed by atoms with Crippen molar-refractivity contribution in [2.24, 2.45) is 0 Å². The molecule has 0 aromatic heterocycles. The summed E-state index contributed by atoms with van der Waals surface area (Å²) >= 11 is 0. The van der Waals surface area contributed by atoms with Gasteiger partial charge in [0, 0.05) is 38.4 Å². The minimum Gasteiger partial charge on any atom is -0.484 e. The number of ether oxygens (including phenoxy) is 1. The maximum absolute atomic E-state index is 12.8. The summed E-state index contributed by atoms with van der Waals surface area (Å²) in [5.41, 5.74) is 2.29. The van der Waals surface area contributed by atoms with Gasteiger partial charge in [-0.1, -0.05) is 36.4 Å². The number of rotatable bonds is 5. The third-order valence-corrected chi connectivity index (χ3v) is 5.59. The Kier molecular flexibility index (Phi) is 6.10. The largest absolute Gasteiger partial charge is 0.484 e. The third-order valence-electron chi connectivity index (χ3n) is 5.59. The molecule has 2 amide bonds. The number of anilines is 1. The number of carbonyl (C=O) groups excluding carboxylic acids is 2. The molecule has 29 heavy (non-hydrogen) atoms. The van der Waals surface area contributed by atoms with Gasteiger partial charge in [0.25, 0.3) is 5.91 Å². The minimum atomic E-state index is -0.00417. The van der Waals surface area contributed by atoms with E-state index in [2.05, 4.69) is 11.0 Å². The van der Waals surface area contributed by atoms with E-state index in [1.807, 2.05) is 58.3 Å². The van der Waals surface area contributed by atoms with Crippen LogP contribution in [0.5, 0.6) is 5.75 Å². The van der Waals surface area contributed by atoms with Gasteiger partial charge in [0.05, 0.1) is 6.54 Å². The second-order valence-corrected chi connectivity index (χ2v) is 7.54. The zero-order valence-corrected chi connectivity index (χ0v) is 16.6. The van der Waals surface area contributed by atoms with Gasteiger partial charge in [0.1, 0.15) is 5.75 Å². The van der Waals surface area contributed by atoms with Gasteiger partial charge in [0.2, 0.25) is 5.91 Å². The third kappa shape index (κ3) is 4.77. The van der Waals surface area contributed by atoms with Gasteiger partial charge in [-0.2, -0.15) is 0 Å². The summed E-state index contributed by atoms with van der Waals surface area (Å²) in [6, 6.07) is 17.5. The summed E-state index contributed by atoms with van der Waals surface area (Å²) in [6.45, 7) is 4.07. The van der Waals surface area contributed by atoms with Crippen LogP contribution in [0.3, 0.4) is 0 Å². The van der Waals surface area contributed by atoms with Crippen LogP contribution in [0.15, 0.2) is 54.6 Å². The Morgan fingerprint density at radius 1 is 0.828 bits per heavy atom. The van der Waals surface area contributed by atoms with Crippen molar-refractivity contribution in [1.82, 2.24) is 9.80 Å². The van der Waals surface area contributed by atoms with Crippen molar-refractivity contribution in [1.29, 1.82) is 0 Å². The van der Waals surface area contributed by atoms with E-state index in [1.54, 1.807) is 0 Å². The van der Waals surface area contributed by atoms with Crippen molar-refractivity contribution >= 4 is 17.5 Å². The number of carbonyl (C=O) groups is 2. The van der Waals surface area contributed by atoms with Crippen molar-refractivity contribution in [2.75, 3.05) is 50.8 Å². The van der Waals surface area contributed by atoms with Crippen molar-refractivity contribution in [3.05, 3.63) is 60.2 Å². The predicted octanol–water partition coefficient (Wildman–Crippen LogP) is 2.19. The number of benzene rings is 2. The van der Waals surface area contributed by atoms with Crippen LogP contribution >= 0.6 is 0 Å². The zero-order chi connectivity index (χ0) is 20.1. The first-order chi connectivity index (χ1) is 14.2. The summed E-state index contributed by atoms with van der Waals surface area (Å²) in [6.07, 6.45) is 1.78. The molecule has 0 atom stereocenters.